The fourth-order valence-corrected chi connectivity index (χ4v) is 4.59. The molecule has 7 heteroatoms. The van der Waals surface area contributed by atoms with Gasteiger partial charge in [-0.25, -0.2) is 4.39 Å². The van der Waals surface area contributed by atoms with Crippen LogP contribution in [0.1, 0.15) is 27.0 Å². The molecule has 1 aliphatic heterocycles. The topological polar surface area (TPSA) is 103 Å². The number of primary amides is 1. The first kappa shape index (κ1) is 19.9. The van der Waals surface area contributed by atoms with Gasteiger partial charge in [0.2, 0.25) is 0 Å². The Morgan fingerprint density at radius 3 is 2.78 bits per heavy atom. The molecule has 0 fully saturated rings. The van der Waals surface area contributed by atoms with Crippen molar-refractivity contribution in [3.63, 3.8) is 0 Å². The van der Waals surface area contributed by atoms with Gasteiger partial charge in [0.15, 0.2) is 0 Å². The Bertz CT molecular complexity index is 1450. The zero-order valence-corrected chi connectivity index (χ0v) is 17.2. The van der Waals surface area contributed by atoms with Crippen molar-refractivity contribution < 1.29 is 23.8 Å². The van der Waals surface area contributed by atoms with E-state index < -0.39 is 17.7 Å². The van der Waals surface area contributed by atoms with E-state index in [9.17, 15) is 19.1 Å². The quantitative estimate of drug-likeness (QED) is 0.506. The number of pyridine rings is 1. The van der Waals surface area contributed by atoms with Gasteiger partial charge in [-0.3, -0.25) is 14.6 Å². The lowest BCUT2D eigenvalue weighted by atomic mass is 9.86. The predicted octanol–water partition coefficient (Wildman–Crippen LogP) is 4.16. The molecule has 3 N–H and O–H groups in total. The number of nitrogens with two attached hydrogens (primary N) is 1. The second kappa shape index (κ2) is 7.30. The van der Waals surface area contributed by atoms with Gasteiger partial charge in [-0.05, 0) is 70.3 Å². The fraction of sp³-hybridized carbons (Fsp3) is 0.160. The smallest absolute Gasteiger partial charge is 0.307 e. The maximum atomic E-state index is 14.8. The molecule has 2 heterocycles. The number of halogens is 1. The van der Waals surface area contributed by atoms with E-state index in [0.29, 0.717) is 45.1 Å². The third-order valence-corrected chi connectivity index (χ3v) is 5.99. The first-order chi connectivity index (χ1) is 15.3. The third-order valence-electron chi connectivity index (χ3n) is 5.99. The minimum atomic E-state index is -0.998. The van der Waals surface area contributed by atoms with Crippen molar-refractivity contribution in [1.29, 1.82) is 0 Å². The highest BCUT2D eigenvalue weighted by Gasteiger charge is 2.23. The lowest BCUT2D eigenvalue weighted by Gasteiger charge is -2.22. The van der Waals surface area contributed by atoms with E-state index in [2.05, 4.69) is 4.98 Å². The van der Waals surface area contributed by atoms with E-state index in [-0.39, 0.29) is 12.0 Å². The Morgan fingerprint density at radius 1 is 1.22 bits per heavy atom. The Kier molecular flexibility index (Phi) is 4.55. The van der Waals surface area contributed by atoms with Crippen LogP contribution in [0.25, 0.3) is 32.8 Å². The van der Waals surface area contributed by atoms with Crippen LogP contribution in [0.5, 0.6) is 5.75 Å². The number of aliphatic carboxylic acids is 1. The largest absolute Gasteiger partial charge is 0.493 e. The number of aromatic nitrogens is 1. The number of carboxylic acids is 1. The summed E-state index contributed by atoms with van der Waals surface area (Å²) >= 11 is 0. The minimum Gasteiger partial charge on any atom is -0.493 e. The van der Waals surface area contributed by atoms with Crippen LogP contribution in [0.15, 0.2) is 42.6 Å². The maximum Gasteiger partial charge on any atom is 0.307 e. The van der Waals surface area contributed by atoms with E-state index in [1.165, 1.54) is 12.1 Å². The molecular formula is C25H19FN2O4. The van der Waals surface area contributed by atoms with Crippen molar-refractivity contribution in [1.82, 2.24) is 4.98 Å². The molecule has 0 saturated heterocycles. The molecular weight excluding hydrogens is 411 g/mol. The van der Waals surface area contributed by atoms with Gasteiger partial charge in [0.1, 0.15) is 11.6 Å². The van der Waals surface area contributed by atoms with Gasteiger partial charge in [0.25, 0.3) is 5.91 Å². The molecule has 0 atom stereocenters. The molecule has 5 rings (SSSR count). The van der Waals surface area contributed by atoms with Crippen LogP contribution in [0, 0.1) is 12.7 Å². The second-order valence-electron chi connectivity index (χ2n) is 7.94. The molecule has 32 heavy (non-hydrogen) atoms. The average molecular weight is 430 g/mol. The number of hydrogen-bond acceptors (Lipinski definition) is 4. The molecule has 1 aliphatic rings. The highest BCUT2D eigenvalue weighted by Crippen LogP contribution is 2.42. The molecule has 0 saturated carbocycles. The molecule has 1 aromatic heterocycles. The van der Waals surface area contributed by atoms with Crippen LogP contribution in [-0.2, 0) is 17.6 Å². The van der Waals surface area contributed by atoms with Crippen LogP contribution in [0.4, 0.5) is 4.39 Å². The Hall–Kier alpha value is -4.00. The zero-order valence-electron chi connectivity index (χ0n) is 17.2. The van der Waals surface area contributed by atoms with Crippen LogP contribution >= 0.6 is 0 Å². The molecule has 4 aromatic rings. The van der Waals surface area contributed by atoms with Crippen LogP contribution in [0.3, 0.4) is 0 Å². The normalized spacial score (nSPS) is 12.7. The van der Waals surface area contributed by atoms with Crippen LogP contribution in [-0.4, -0.2) is 28.6 Å². The molecule has 0 aliphatic carbocycles. The van der Waals surface area contributed by atoms with Gasteiger partial charge < -0.3 is 15.6 Å². The Balaban J connectivity index is 1.93. The number of fused-ring (bicyclic) bond motifs is 1. The predicted molar refractivity (Wildman–Crippen MR) is 118 cm³/mol. The van der Waals surface area contributed by atoms with Gasteiger partial charge in [0, 0.05) is 23.6 Å². The number of carbonyl (C=O) groups is 2. The van der Waals surface area contributed by atoms with Gasteiger partial charge in [0.05, 0.1) is 24.1 Å². The number of rotatable bonds is 4. The summed E-state index contributed by atoms with van der Waals surface area (Å²) in [6.45, 7) is 2.38. The van der Waals surface area contributed by atoms with Crippen LogP contribution < -0.4 is 10.5 Å². The molecule has 160 valence electrons. The number of carbonyl (C=O) groups excluding carboxylic acids is 1. The summed E-state index contributed by atoms with van der Waals surface area (Å²) in [5, 5.41) is 11.6. The maximum absolute atomic E-state index is 14.8. The summed E-state index contributed by atoms with van der Waals surface area (Å²) in [4.78, 5) is 28.0. The monoisotopic (exact) mass is 430 g/mol. The van der Waals surface area contributed by atoms with E-state index in [1.807, 2.05) is 18.2 Å². The molecule has 1 amide bonds. The number of amides is 1. The fourth-order valence-electron chi connectivity index (χ4n) is 4.59. The summed E-state index contributed by atoms with van der Waals surface area (Å²) in [5.74, 6) is -1.90. The average Bonchev–Trinajstić information content (AvgIpc) is 2.75. The van der Waals surface area contributed by atoms with E-state index in [0.717, 1.165) is 23.1 Å². The summed E-state index contributed by atoms with van der Waals surface area (Å²) < 4.78 is 20.6. The van der Waals surface area contributed by atoms with Crippen LogP contribution in [0.2, 0.25) is 0 Å². The number of hydrogen-bond donors (Lipinski definition) is 2. The van der Waals surface area contributed by atoms with Gasteiger partial charge in [-0.15, -0.1) is 0 Å². The summed E-state index contributed by atoms with van der Waals surface area (Å²) in [6, 6.07) is 10.0. The third kappa shape index (κ3) is 3.05. The summed E-state index contributed by atoms with van der Waals surface area (Å²) in [7, 11) is 0. The van der Waals surface area contributed by atoms with Gasteiger partial charge in [-0.1, -0.05) is 6.07 Å². The Morgan fingerprint density at radius 2 is 2.03 bits per heavy atom. The van der Waals surface area contributed by atoms with Crippen molar-refractivity contribution in [2.24, 2.45) is 5.73 Å². The lowest BCUT2D eigenvalue weighted by molar-refractivity contribution is -0.136. The van der Waals surface area contributed by atoms with Gasteiger partial charge in [-0.2, -0.15) is 0 Å². The van der Waals surface area contributed by atoms with Crippen molar-refractivity contribution in [3.8, 4) is 16.9 Å². The number of carboxylic acid groups (broad SMARTS) is 1. The van der Waals surface area contributed by atoms with E-state index in [1.54, 1.807) is 19.2 Å². The minimum absolute atomic E-state index is 0.211. The first-order valence-corrected chi connectivity index (χ1v) is 10.2. The first-order valence-electron chi connectivity index (χ1n) is 10.2. The van der Waals surface area contributed by atoms with Crippen molar-refractivity contribution in [3.05, 3.63) is 70.7 Å². The van der Waals surface area contributed by atoms with Crippen molar-refractivity contribution >= 4 is 33.6 Å². The molecule has 0 spiro atoms. The van der Waals surface area contributed by atoms with Crippen molar-refractivity contribution in [2.75, 3.05) is 6.61 Å². The number of aryl methyl sites for hydroxylation is 1. The molecule has 3 aromatic carbocycles. The molecule has 0 bridgehead atoms. The molecule has 0 radical (unpaired) electrons. The van der Waals surface area contributed by atoms with E-state index >= 15 is 0 Å². The molecule has 6 nitrogen and oxygen atoms in total. The standard InChI is InChI=1S/C25H19FN2O4/c1-12-8-14-9-18(25(27)31)19(26)10-17(14)23(16(12)11-21(29)30)15-2-3-20-22-13(5-7-32-20)4-6-28-24(15)22/h2-4,6,8-10H,5,7,11H2,1H3,(H2,27,31)(H,29,30). The summed E-state index contributed by atoms with van der Waals surface area (Å²) in [5.41, 5.74) is 9.44. The Labute approximate surface area is 182 Å². The highest BCUT2D eigenvalue weighted by atomic mass is 19.1. The zero-order chi connectivity index (χ0) is 22.6. The van der Waals surface area contributed by atoms with E-state index in [4.69, 9.17) is 10.5 Å². The van der Waals surface area contributed by atoms with Gasteiger partial charge >= 0.3 is 5.97 Å². The molecule has 0 unspecified atom stereocenters. The summed E-state index contributed by atoms with van der Waals surface area (Å²) in [6.07, 6.45) is 2.22. The number of nitrogens with zero attached hydrogens (tertiary/aromatic N) is 1. The SMILES string of the molecule is Cc1cc2cc(C(N)=O)c(F)cc2c(-c2ccc3c4c(ccnc24)CCO3)c1CC(=O)O. The van der Waals surface area contributed by atoms with Crippen molar-refractivity contribution in [2.45, 2.75) is 19.8 Å². The lowest BCUT2D eigenvalue weighted by Crippen LogP contribution is -2.13. The number of ether oxygens (including phenoxy) is 1. The second-order valence-corrected chi connectivity index (χ2v) is 7.94. The number of benzene rings is 3. The highest BCUT2D eigenvalue weighted by molar-refractivity contribution is 6.10.